The van der Waals surface area contributed by atoms with Gasteiger partial charge < -0.3 is 9.67 Å². The minimum Gasteiger partial charge on any atom is -0.478 e. The summed E-state index contributed by atoms with van der Waals surface area (Å²) in [4.78, 5) is 14.5. The Labute approximate surface area is 75.5 Å². The Morgan fingerprint density at radius 1 is 1.69 bits per heavy atom. The molecule has 13 heavy (non-hydrogen) atoms. The van der Waals surface area contributed by atoms with Crippen LogP contribution in [0.5, 0.6) is 0 Å². The van der Waals surface area contributed by atoms with Gasteiger partial charge >= 0.3 is 5.97 Å². The molecule has 1 N–H and O–H groups in total. The van der Waals surface area contributed by atoms with Gasteiger partial charge in [-0.3, -0.25) is 4.99 Å². The Morgan fingerprint density at radius 3 is 2.85 bits per heavy atom. The molecule has 0 aromatic carbocycles. The number of carbonyl (C=O) groups is 1. The van der Waals surface area contributed by atoms with E-state index in [0.717, 1.165) is 0 Å². The lowest BCUT2D eigenvalue weighted by molar-refractivity contribution is 0.0696. The predicted molar refractivity (Wildman–Crippen MR) is 49.3 cm³/mol. The van der Waals surface area contributed by atoms with E-state index in [2.05, 4.69) is 11.6 Å². The van der Waals surface area contributed by atoms with Gasteiger partial charge in [0.2, 0.25) is 0 Å². The lowest BCUT2D eigenvalue weighted by Crippen LogP contribution is -2.17. The van der Waals surface area contributed by atoms with E-state index in [0.29, 0.717) is 5.49 Å². The van der Waals surface area contributed by atoms with Gasteiger partial charge in [0, 0.05) is 19.4 Å². The number of pyridine rings is 1. The van der Waals surface area contributed by atoms with Crippen LogP contribution in [0.4, 0.5) is 0 Å². The average molecular weight is 178 g/mol. The number of aromatic carboxylic acids is 1. The Kier molecular flexibility index (Phi) is 2.64. The van der Waals surface area contributed by atoms with Crippen LogP contribution >= 0.6 is 0 Å². The first-order valence-corrected chi connectivity index (χ1v) is 3.70. The summed E-state index contributed by atoms with van der Waals surface area (Å²) in [6.45, 7) is 3.55. The van der Waals surface area contributed by atoms with Gasteiger partial charge in [-0.1, -0.05) is 6.58 Å². The molecule has 0 spiro atoms. The molecular weight excluding hydrogens is 168 g/mol. The lowest BCUT2D eigenvalue weighted by Gasteiger charge is -2.01. The maximum absolute atomic E-state index is 10.6. The van der Waals surface area contributed by atoms with Crippen molar-refractivity contribution in [3.63, 3.8) is 0 Å². The number of aromatic nitrogens is 1. The van der Waals surface area contributed by atoms with Gasteiger partial charge in [0.05, 0.1) is 5.56 Å². The number of hydrogen-bond donors (Lipinski definition) is 1. The number of nitrogens with zero attached hydrogens (tertiary/aromatic N) is 2. The van der Waals surface area contributed by atoms with Crippen LogP contribution in [0.3, 0.4) is 0 Å². The summed E-state index contributed by atoms with van der Waals surface area (Å²) in [7, 11) is 1.63. The Hall–Kier alpha value is -1.84. The topological polar surface area (TPSA) is 54.6 Å². The van der Waals surface area contributed by atoms with Crippen LogP contribution in [0.15, 0.2) is 29.9 Å². The van der Waals surface area contributed by atoms with E-state index in [1.807, 2.05) is 0 Å². The Balaban J connectivity index is 3.38. The van der Waals surface area contributed by atoms with Crippen LogP contribution < -0.4 is 5.49 Å². The maximum Gasteiger partial charge on any atom is 0.337 e. The molecule has 0 aliphatic rings. The van der Waals surface area contributed by atoms with E-state index >= 15 is 0 Å². The molecule has 4 heteroatoms. The molecule has 0 fully saturated rings. The summed E-state index contributed by atoms with van der Waals surface area (Å²) in [6.07, 6.45) is 2.98. The van der Waals surface area contributed by atoms with Crippen LogP contribution in [-0.4, -0.2) is 22.7 Å². The van der Waals surface area contributed by atoms with Crippen molar-refractivity contribution in [2.45, 2.75) is 0 Å². The van der Waals surface area contributed by atoms with Crippen molar-refractivity contribution >= 4 is 12.2 Å². The zero-order chi connectivity index (χ0) is 9.84. The number of carboxylic acids is 1. The molecule has 0 aliphatic carbocycles. The van der Waals surface area contributed by atoms with Crippen molar-refractivity contribution in [3.8, 4) is 0 Å². The molecule has 1 aromatic heterocycles. The first-order valence-electron chi connectivity index (χ1n) is 3.70. The normalized spacial score (nSPS) is 11.3. The molecule has 1 aromatic rings. The van der Waals surface area contributed by atoms with E-state index in [-0.39, 0.29) is 5.56 Å². The SMILES string of the molecule is C=Cn1cc(C(=O)O)ccc1=NC. The van der Waals surface area contributed by atoms with Crippen LogP contribution in [0, 0.1) is 0 Å². The van der Waals surface area contributed by atoms with Gasteiger partial charge in [-0.15, -0.1) is 0 Å². The molecule has 0 aliphatic heterocycles. The van der Waals surface area contributed by atoms with Gasteiger partial charge in [0.25, 0.3) is 0 Å². The number of hydrogen-bond acceptors (Lipinski definition) is 2. The highest BCUT2D eigenvalue weighted by Crippen LogP contribution is 1.95. The summed E-state index contributed by atoms with van der Waals surface area (Å²) < 4.78 is 1.56. The molecule has 4 nitrogen and oxygen atoms in total. The van der Waals surface area contributed by atoms with E-state index in [1.165, 1.54) is 18.5 Å². The van der Waals surface area contributed by atoms with Crippen LogP contribution in [0.2, 0.25) is 0 Å². The van der Waals surface area contributed by atoms with Gasteiger partial charge in [-0.25, -0.2) is 4.79 Å². The predicted octanol–water partition coefficient (Wildman–Crippen LogP) is 0.817. The molecule has 0 radical (unpaired) electrons. The highest BCUT2D eigenvalue weighted by Gasteiger charge is 2.01. The third-order valence-corrected chi connectivity index (χ3v) is 1.63. The Bertz CT molecular complexity index is 404. The minimum atomic E-state index is -0.960. The van der Waals surface area contributed by atoms with Crippen molar-refractivity contribution in [1.82, 2.24) is 4.57 Å². The van der Waals surface area contributed by atoms with Gasteiger partial charge in [-0.2, -0.15) is 0 Å². The molecule has 0 bridgehead atoms. The molecule has 0 saturated heterocycles. The molecule has 0 unspecified atom stereocenters. The largest absolute Gasteiger partial charge is 0.478 e. The van der Waals surface area contributed by atoms with E-state index in [4.69, 9.17) is 5.11 Å². The number of carboxylic acid groups (broad SMARTS) is 1. The quantitative estimate of drug-likeness (QED) is 0.728. The first-order chi connectivity index (χ1) is 6.19. The zero-order valence-corrected chi connectivity index (χ0v) is 7.27. The third kappa shape index (κ3) is 1.84. The maximum atomic E-state index is 10.6. The summed E-state index contributed by atoms with van der Waals surface area (Å²) in [6, 6.07) is 3.13. The van der Waals surface area contributed by atoms with Crippen molar-refractivity contribution in [2.75, 3.05) is 7.05 Å². The van der Waals surface area contributed by atoms with Crippen molar-refractivity contribution in [3.05, 3.63) is 36.0 Å². The fraction of sp³-hybridized carbons (Fsp3) is 0.111. The molecule has 0 saturated carbocycles. The second kappa shape index (κ2) is 3.71. The molecule has 1 rings (SSSR count). The average Bonchev–Trinajstić information content (AvgIpc) is 2.16. The van der Waals surface area contributed by atoms with E-state index in [9.17, 15) is 4.79 Å². The van der Waals surface area contributed by atoms with Crippen molar-refractivity contribution in [2.24, 2.45) is 4.99 Å². The third-order valence-electron chi connectivity index (χ3n) is 1.63. The summed E-state index contributed by atoms with van der Waals surface area (Å²) >= 11 is 0. The molecule has 0 atom stereocenters. The Morgan fingerprint density at radius 2 is 2.38 bits per heavy atom. The van der Waals surface area contributed by atoms with Crippen LogP contribution in [-0.2, 0) is 0 Å². The van der Waals surface area contributed by atoms with Crippen LogP contribution in [0.1, 0.15) is 10.4 Å². The number of rotatable bonds is 2. The van der Waals surface area contributed by atoms with Crippen molar-refractivity contribution < 1.29 is 9.90 Å². The summed E-state index contributed by atoms with van der Waals surface area (Å²) in [5, 5.41) is 8.69. The monoisotopic (exact) mass is 178 g/mol. The zero-order valence-electron chi connectivity index (χ0n) is 7.27. The smallest absolute Gasteiger partial charge is 0.337 e. The lowest BCUT2D eigenvalue weighted by atomic mass is 10.3. The van der Waals surface area contributed by atoms with Crippen LogP contribution in [0.25, 0.3) is 6.20 Å². The second-order valence-corrected chi connectivity index (χ2v) is 2.39. The first kappa shape index (κ1) is 9.25. The molecule has 0 amide bonds. The van der Waals surface area contributed by atoms with Gasteiger partial charge in [0.1, 0.15) is 5.49 Å². The van der Waals surface area contributed by atoms with E-state index in [1.54, 1.807) is 17.7 Å². The van der Waals surface area contributed by atoms with Gasteiger partial charge in [-0.05, 0) is 12.1 Å². The van der Waals surface area contributed by atoms with Gasteiger partial charge in [0.15, 0.2) is 0 Å². The standard InChI is InChI=1S/C9H10N2O2/c1-3-11-6-7(9(12)13)4-5-8(11)10-2/h3-6H,1H2,2H3,(H,12,13). The van der Waals surface area contributed by atoms with Crippen molar-refractivity contribution in [1.29, 1.82) is 0 Å². The minimum absolute atomic E-state index is 0.215. The molecule has 1 heterocycles. The molecule has 68 valence electrons. The summed E-state index contributed by atoms with van der Waals surface area (Å²) in [5.74, 6) is -0.960. The highest BCUT2D eigenvalue weighted by molar-refractivity contribution is 5.87. The van der Waals surface area contributed by atoms with E-state index < -0.39 is 5.97 Å². The molecular formula is C9H10N2O2. The summed E-state index contributed by atoms with van der Waals surface area (Å²) in [5.41, 5.74) is 0.882. The second-order valence-electron chi connectivity index (χ2n) is 2.39. The fourth-order valence-corrected chi connectivity index (χ4v) is 0.972. The highest BCUT2D eigenvalue weighted by atomic mass is 16.4. The fourth-order valence-electron chi connectivity index (χ4n) is 0.972.